The van der Waals surface area contributed by atoms with Gasteiger partial charge in [0.2, 0.25) is 0 Å². The van der Waals surface area contributed by atoms with E-state index in [2.05, 4.69) is 70.9 Å². The first-order valence-corrected chi connectivity index (χ1v) is 7.00. The molecule has 1 N–H and O–H groups in total. The maximum Gasteiger partial charge on any atom is 0.0487 e. The maximum absolute atomic E-state index is 3.60. The third-order valence-corrected chi connectivity index (χ3v) is 3.80. The lowest BCUT2D eigenvalue weighted by Crippen LogP contribution is -1.82. The number of hydrogen-bond donors (Lipinski definition) is 1. The van der Waals surface area contributed by atoms with Crippen LogP contribution in [0.15, 0.2) is 79.1 Å². The van der Waals surface area contributed by atoms with Crippen molar-refractivity contribution < 1.29 is 0 Å². The zero-order valence-corrected chi connectivity index (χ0v) is 11.5. The lowest BCUT2D eigenvalue weighted by atomic mass is 9.95. The van der Waals surface area contributed by atoms with Crippen LogP contribution < -0.4 is 0 Å². The average molecular weight is 270 g/mol. The predicted molar refractivity (Wildman–Crippen MR) is 88.7 cm³/mol. The molecule has 0 spiro atoms. The third kappa shape index (κ3) is 2.01. The Labute approximate surface area is 122 Å². The van der Waals surface area contributed by atoms with Gasteiger partial charge in [0.05, 0.1) is 0 Å². The van der Waals surface area contributed by atoms with E-state index in [1.807, 2.05) is 6.07 Å². The molecule has 5 rings (SSSR count). The molecule has 0 saturated heterocycles. The van der Waals surface area contributed by atoms with Gasteiger partial charge in [-0.1, -0.05) is 60.7 Å². The van der Waals surface area contributed by atoms with Gasteiger partial charge in [0, 0.05) is 12.4 Å². The van der Waals surface area contributed by atoms with Gasteiger partial charge in [0.15, 0.2) is 0 Å². The lowest BCUT2D eigenvalue weighted by molar-refractivity contribution is 1.09. The van der Waals surface area contributed by atoms with Crippen LogP contribution in [0.5, 0.6) is 0 Å². The third-order valence-electron chi connectivity index (χ3n) is 3.80. The number of H-pyrrole nitrogens is 1. The molecule has 0 saturated carbocycles. The van der Waals surface area contributed by atoms with E-state index in [4.69, 9.17) is 0 Å². The van der Waals surface area contributed by atoms with Gasteiger partial charge in [-0.3, -0.25) is 5.10 Å². The normalized spacial score (nSPS) is 10.9. The minimum Gasteiger partial charge on any atom is -0.286 e. The number of nitrogens with one attached hydrogen (secondary N) is 1. The summed E-state index contributed by atoms with van der Waals surface area (Å²) in [6, 6.07) is 23.7. The highest BCUT2D eigenvalue weighted by Gasteiger charge is 2.05. The summed E-state index contributed by atoms with van der Waals surface area (Å²) in [7, 11) is 0. The molecule has 0 unspecified atom stereocenters. The Morgan fingerprint density at radius 3 is 1.33 bits per heavy atom. The molecule has 1 heterocycles. The van der Waals surface area contributed by atoms with Crippen LogP contribution in [0.2, 0.25) is 0 Å². The monoisotopic (exact) mass is 270 g/mol. The van der Waals surface area contributed by atoms with Crippen molar-refractivity contribution in [1.29, 1.82) is 0 Å². The van der Waals surface area contributed by atoms with Crippen molar-refractivity contribution in [3.63, 3.8) is 0 Å². The van der Waals surface area contributed by atoms with E-state index >= 15 is 0 Å². The standard InChI is InChI=1S/C16H10.C3H4N2/c1-3-11-7-9-13-5-2-6-14-10-8-12(4-1)15(11)16(13)14;1-2-4-5-3-1/h1-10H;1-3H,(H,4,5). The van der Waals surface area contributed by atoms with Crippen molar-refractivity contribution in [3.8, 4) is 0 Å². The minimum absolute atomic E-state index is 1.34. The maximum atomic E-state index is 3.60. The van der Waals surface area contributed by atoms with Gasteiger partial charge in [-0.15, -0.1) is 0 Å². The minimum atomic E-state index is 1.34. The Morgan fingerprint density at radius 2 is 1.05 bits per heavy atom. The molecular formula is C19H14N2. The number of rotatable bonds is 0. The van der Waals surface area contributed by atoms with Gasteiger partial charge in [0.25, 0.3) is 0 Å². The number of aromatic amines is 1. The summed E-state index contributed by atoms with van der Waals surface area (Å²) in [4.78, 5) is 0. The molecule has 0 aliphatic carbocycles. The summed E-state index contributed by atoms with van der Waals surface area (Å²) < 4.78 is 0. The Kier molecular flexibility index (Phi) is 2.79. The predicted octanol–water partition coefficient (Wildman–Crippen LogP) is 4.99. The van der Waals surface area contributed by atoms with Crippen LogP contribution in [0.25, 0.3) is 32.3 Å². The highest BCUT2D eigenvalue weighted by Crippen LogP contribution is 2.33. The second-order valence-corrected chi connectivity index (χ2v) is 5.06. The Morgan fingerprint density at radius 1 is 0.571 bits per heavy atom. The van der Waals surface area contributed by atoms with E-state index in [9.17, 15) is 0 Å². The summed E-state index contributed by atoms with van der Waals surface area (Å²) in [6.07, 6.45) is 3.46. The van der Waals surface area contributed by atoms with Gasteiger partial charge in [-0.05, 0) is 38.4 Å². The van der Waals surface area contributed by atoms with Crippen LogP contribution in [-0.2, 0) is 0 Å². The van der Waals surface area contributed by atoms with Crippen molar-refractivity contribution in [2.45, 2.75) is 0 Å². The fourth-order valence-electron chi connectivity index (χ4n) is 2.88. The van der Waals surface area contributed by atoms with E-state index < -0.39 is 0 Å². The van der Waals surface area contributed by atoms with E-state index in [0.717, 1.165) is 0 Å². The molecule has 0 atom stereocenters. The van der Waals surface area contributed by atoms with Crippen molar-refractivity contribution in [3.05, 3.63) is 79.1 Å². The zero-order chi connectivity index (χ0) is 14.1. The van der Waals surface area contributed by atoms with Crippen molar-refractivity contribution >= 4 is 32.3 Å². The van der Waals surface area contributed by atoms with E-state index in [-0.39, 0.29) is 0 Å². The van der Waals surface area contributed by atoms with Crippen LogP contribution >= 0.6 is 0 Å². The average Bonchev–Trinajstić information content (AvgIpc) is 3.13. The molecule has 0 aliphatic rings. The Balaban J connectivity index is 0.000000197. The lowest BCUT2D eigenvalue weighted by Gasteiger charge is -2.09. The van der Waals surface area contributed by atoms with E-state index in [0.29, 0.717) is 0 Å². The highest BCUT2D eigenvalue weighted by molar-refractivity contribution is 6.22. The second kappa shape index (κ2) is 4.91. The zero-order valence-electron chi connectivity index (χ0n) is 11.5. The highest BCUT2D eigenvalue weighted by atomic mass is 15.1. The summed E-state index contributed by atoms with van der Waals surface area (Å²) >= 11 is 0. The van der Waals surface area contributed by atoms with Crippen LogP contribution in [0.4, 0.5) is 0 Å². The fraction of sp³-hybridized carbons (Fsp3) is 0. The topological polar surface area (TPSA) is 28.7 Å². The molecule has 100 valence electrons. The molecule has 0 amide bonds. The smallest absolute Gasteiger partial charge is 0.0487 e. The number of nitrogens with zero attached hydrogens (tertiary/aromatic N) is 1. The SMILES string of the molecule is c1cc2ccc3cccc4ccc(c1)c2c34.c1cn[nH]c1. The molecule has 0 radical (unpaired) electrons. The van der Waals surface area contributed by atoms with Crippen molar-refractivity contribution in [1.82, 2.24) is 10.2 Å². The largest absolute Gasteiger partial charge is 0.286 e. The van der Waals surface area contributed by atoms with Gasteiger partial charge in [-0.25, -0.2) is 0 Å². The first-order valence-electron chi connectivity index (χ1n) is 7.00. The van der Waals surface area contributed by atoms with Crippen LogP contribution in [0.3, 0.4) is 0 Å². The fourth-order valence-corrected chi connectivity index (χ4v) is 2.88. The molecule has 0 fully saturated rings. The Hall–Kier alpha value is -2.87. The Bertz CT molecular complexity index is 837. The molecule has 1 aromatic heterocycles. The van der Waals surface area contributed by atoms with Gasteiger partial charge < -0.3 is 0 Å². The van der Waals surface area contributed by atoms with E-state index in [1.54, 1.807) is 12.4 Å². The molecular weight excluding hydrogens is 256 g/mol. The van der Waals surface area contributed by atoms with E-state index in [1.165, 1.54) is 32.3 Å². The number of hydrogen-bond acceptors (Lipinski definition) is 1. The molecule has 2 nitrogen and oxygen atoms in total. The molecule has 4 aromatic carbocycles. The van der Waals surface area contributed by atoms with Crippen LogP contribution in [0.1, 0.15) is 0 Å². The molecule has 2 heteroatoms. The summed E-state index contributed by atoms with van der Waals surface area (Å²) in [6.45, 7) is 0. The quantitative estimate of drug-likeness (QED) is 0.394. The molecule has 0 bridgehead atoms. The second-order valence-electron chi connectivity index (χ2n) is 5.06. The number of benzene rings is 4. The van der Waals surface area contributed by atoms with Crippen molar-refractivity contribution in [2.24, 2.45) is 0 Å². The molecule has 0 aliphatic heterocycles. The van der Waals surface area contributed by atoms with Crippen LogP contribution in [0, 0.1) is 0 Å². The van der Waals surface area contributed by atoms with Gasteiger partial charge in [0.1, 0.15) is 0 Å². The van der Waals surface area contributed by atoms with Crippen LogP contribution in [-0.4, -0.2) is 10.2 Å². The first kappa shape index (κ1) is 11.9. The first-order chi connectivity index (χ1) is 10.4. The number of aromatic nitrogens is 2. The molecule has 21 heavy (non-hydrogen) atoms. The molecule has 5 aromatic rings. The van der Waals surface area contributed by atoms with Gasteiger partial charge in [-0.2, -0.15) is 5.10 Å². The van der Waals surface area contributed by atoms with Crippen molar-refractivity contribution in [2.75, 3.05) is 0 Å². The summed E-state index contributed by atoms with van der Waals surface area (Å²) in [5, 5.41) is 14.4. The summed E-state index contributed by atoms with van der Waals surface area (Å²) in [5.74, 6) is 0. The summed E-state index contributed by atoms with van der Waals surface area (Å²) in [5.41, 5.74) is 0. The van der Waals surface area contributed by atoms with Gasteiger partial charge >= 0.3 is 0 Å².